The highest BCUT2D eigenvalue weighted by Crippen LogP contribution is 2.32. The molecule has 0 unspecified atom stereocenters. The van der Waals surface area contributed by atoms with Crippen molar-refractivity contribution in [3.05, 3.63) is 42.0 Å². The molecule has 2 aliphatic rings. The number of allylic oxidation sites excluding steroid dienone is 2. The Morgan fingerprint density at radius 2 is 2.11 bits per heavy atom. The Morgan fingerprint density at radius 3 is 2.95 bits per heavy atom. The average molecular weight is 257 g/mol. The van der Waals surface area contributed by atoms with Crippen LogP contribution in [0.5, 0.6) is 5.75 Å². The molecule has 0 bridgehead atoms. The monoisotopic (exact) mass is 257 g/mol. The van der Waals surface area contributed by atoms with Gasteiger partial charge in [-0.25, -0.2) is 0 Å². The standard InChI is InChI=1S/C16H19NO2/c18-16(12-6-2-1-3-7-12)17-14-10-11-19-15-9-5-4-8-13(14)15/h1-2,4-5,8-9,12,14H,3,6-7,10-11H2,(H,17,18)/t12-,14-/m0/s1. The molecule has 0 aromatic heterocycles. The fourth-order valence-corrected chi connectivity index (χ4v) is 2.81. The SMILES string of the molecule is O=C(N[C@H]1CCOc2ccccc21)[C@H]1CC=CCC1. The molecule has 0 saturated carbocycles. The zero-order chi connectivity index (χ0) is 13.1. The summed E-state index contributed by atoms with van der Waals surface area (Å²) in [6, 6.07) is 8.07. The minimum atomic E-state index is 0.100. The molecule has 1 aliphatic heterocycles. The van der Waals surface area contributed by atoms with Crippen LogP contribution in [-0.4, -0.2) is 12.5 Å². The Bertz CT molecular complexity index is 495. The molecule has 0 radical (unpaired) electrons. The van der Waals surface area contributed by atoms with Crippen LogP contribution in [0.1, 0.15) is 37.3 Å². The summed E-state index contributed by atoms with van der Waals surface area (Å²) in [7, 11) is 0. The van der Waals surface area contributed by atoms with Crippen molar-refractivity contribution in [3.8, 4) is 5.75 Å². The van der Waals surface area contributed by atoms with Gasteiger partial charge >= 0.3 is 0 Å². The fraction of sp³-hybridized carbons (Fsp3) is 0.438. The first kappa shape index (κ1) is 12.3. The molecule has 1 heterocycles. The number of hydrogen-bond acceptors (Lipinski definition) is 2. The average Bonchev–Trinajstić information content (AvgIpc) is 2.48. The molecule has 3 rings (SSSR count). The summed E-state index contributed by atoms with van der Waals surface area (Å²) < 4.78 is 5.62. The van der Waals surface area contributed by atoms with Gasteiger partial charge in [-0.2, -0.15) is 0 Å². The molecule has 3 heteroatoms. The molecule has 2 atom stereocenters. The minimum Gasteiger partial charge on any atom is -0.493 e. The van der Waals surface area contributed by atoms with Gasteiger partial charge in [-0.1, -0.05) is 30.4 Å². The smallest absolute Gasteiger partial charge is 0.223 e. The predicted octanol–water partition coefficient (Wildman–Crippen LogP) is 2.98. The number of carbonyl (C=O) groups excluding carboxylic acids is 1. The van der Waals surface area contributed by atoms with Gasteiger partial charge < -0.3 is 10.1 Å². The molecule has 3 nitrogen and oxygen atoms in total. The summed E-state index contributed by atoms with van der Waals surface area (Å²) in [6.07, 6.45) is 7.98. The van der Waals surface area contributed by atoms with Crippen LogP contribution >= 0.6 is 0 Å². The Kier molecular flexibility index (Phi) is 3.53. The summed E-state index contributed by atoms with van der Waals surface area (Å²) in [4.78, 5) is 12.3. The summed E-state index contributed by atoms with van der Waals surface area (Å²) in [5.74, 6) is 1.23. The number of carbonyl (C=O) groups is 1. The van der Waals surface area contributed by atoms with E-state index in [1.807, 2.05) is 24.3 Å². The summed E-state index contributed by atoms with van der Waals surface area (Å²) >= 11 is 0. The van der Waals surface area contributed by atoms with Crippen LogP contribution in [0.3, 0.4) is 0 Å². The van der Waals surface area contributed by atoms with Crippen molar-refractivity contribution in [1.29, 1.82) is 0 Å². The van der Waals surface area contributed by atoms with Gasteiger partial charge in [0.1, 0.15) is 5.75 Å². The van der Waals surface area contributed by atoms with Crippen LogP contribution in [0.4, 0.5) is 0 Å². The third-order valence-electron chi connectivity index (χ3n) is 3.91. The molecule has 1 amide bonds. The van der Waals surface area contributed by atoms with Crippen LogP contribution in [0, 0.1) is 5.92 Å². The quantitative estimate of drug-likeness (QED) is 0.827. The van der Waals surface area contributed by atoms with Gasteiger partial charge in [0.15, 0.2) is 0 Å². The Balaban J connectivity index is 1.70. The molecule has 19 heavy (non-hydrogen) atoms. The summed E-state index contributed by atoms with van der Waals surface area (Å²) in [5, 5.41) is 3.19. The minimum absolute atomic E-state index is 0.100. The van der Waals surface area contributed by atoms with Gasteiger partial charge in [0.2, 0.25) is 5.91 Å². The fourth-order valence-electron chi connectivity index (χ4n) is 2.81. The van der Waals surface area contributed by atoms with E-state index in [-0.39, 0.29) is 17.9 Å². The van der Waals surface area contributed by atoms with E-state index in [0.29, 0.717) is 6.61 Å². The number of rotatable bonds is 2. The highest BCUT2D eigenvalue weighted by Gasteiger charge is 2.26. The number of fused-ring (bicyclic) bond motifs is 1. The number of benzene rings is 1. The number of ether oxygens (including phenoxy) is 1. The Labute approximate surface area is 113 Å². The van der Waals surface area contributed by atoms with Crippen LogP contribution in [0.15, 0.2) is 36.4 Å². The first-order chi connectivity index (χ1) is 9.34. The van der Waals surface area contributed by atoms with Gasteiger partial charge in [-0.3, -0.25) is 4.79 Å². The maximum atomic E-state index is 12.3. The number of hydrogen-bond donors (Lipinski definition) is 1. The maximum Gasteiger partial charge on any atom is 0.223 e. The van der Waals surface area contributed by atoms with E-state index in [1.54, 1.807) is 0 Å². The van der Waals surface area contributed by atoms with Gasteiger partial charge in [0.25, 0.3) is 0 Å². The maximum absolute atomic E-state index is 12.3. The number of nitrogens with one attached hydrogen (secondary N) is 1. The largest absolute Gasteiger partial charge is 0.493 e. The van der Waals surface area contributed by atoms with Crippen molar-refractivity contribution in [3.63, 3.8) is 0 Å². The van der Waals surface area contributed by atoms with Crippen molar-refractivity contribution in [1.82, 2.24) is 5.32 Å². The van der Waals surface area contributed by atoms with Crippen molar-refractivity contribution in [2.24, 2.45) is 5.92 Å². The van der Waals surface area contributed by atoms with Gasteiger partial charge in [0.05, 0.1) is 12.6 Å². The third kappa shape index (κ3) is 2.65. The van der Waals surface area contributed by atoms with E-state index >= 15 is 0 Å². The molecule has 0 spiro atoms. The Morgan fingerprint density at radius 1 is 1.21 bits per heavy atom. The molecular formula is C16H19NO2. The van der Waals surface area contributed by atoms with Gasteiger partial charge in [-0.05, 0) is 25.3 Å². The molecule has 1 aromatic rings. The second-order valence-electron chi connectivity index (χ2n) is 5.22. The molecule has 0 saturated heterocycles. The van der Waals surface area contributed by atoms with Gasteiger partial charge in [0, 0.05) is 17.9 Å². The zero-order valence-electron chi connectivity index (χ0n) is 11.0. The molecule has 100 valence electrons. The van der Waals surface area contributed by atoms with E-state index < -0.39 is 0 Å². The lowest BCUT2D eigenvalue weighted by atomic mass is 9.92. The van der Waals surface area contributed by atoms with E-state index in [0.717, 1.165) is 37.0 Å². The number of para-hydroxylation sites is 1. The van der Waals surface area contributed by atoms with E-state index in [1.165, 1.54) is 0 Å². The first-order valence-electron chi connectivity index (χ1n) is 7.01. The first-order valence-corrected chi connectivity index (χ1v) is 7.01. The lowest BCUT2D eigenvalue weighted by molar-refractivity contribution is -0.126. The molecular weight excluding hydrogens is 238 g/mol. The zero-order valence-corrected chi connectivity index (χ0v) is 11.0. The second-order valence-corrected chi connectivity index (χ2v) is 5.22. The summed E-state index contributed by atoms with van der Waals surface area (Å²) in [5.41, 5.74) is 1.11. The molecule has 1 N–H and O–H groups in total. The highest BCUT2D eigenvalue weighted by atomic mass is 16.5. The van der Waals surface area contributed by atoms with Crippen molar-refractivity contribution >= 4 is 5.91 Å². The molecule has 1 aliphatic carbocycles. The van der Waals surface area contributed by atoms with E-state index in [2.05, 4.69) is 17.5 Å². The van der Waals surface area contributed by atoms with Crippen molar-refractivity contribution < 1.29 is 9.53 Å². The number of amides is 1. The topological polar surface area (TPSA) is 38.3 Å². The lowest BCUT2D eigenvalue weighted by Gasteiger charge is -2.28. The van der Waals surface area contributed by atoms with Crippen LogP contribution in [0.2, 0.25) is 0 Å². The molecule has 0 fully saturated rings. The van der Waals surface area contributed by atoms with E-state index in [9.17, 15) is 4.79 Å². The predicted molar refractivity (Wildman–Crippen MR) is 73.9 cm³/mol. The summed E-state index contributed by atoms with van der Waals surface area (Å²) in [6.45, 7) is 0.673. The lowest BCUT2D eigenvalue weighted by Crippen LogP contribution is -2.36. The van der Waals surface area contributed by atoms with Crippen LogP contribution in [-0.2, 0) is 4.79 Å². The van der Waals surface area contributed by atoms with Crippen molar-refractivity contribution in [2.45, 2.75) is 31.7 Å². The second kappa shape index (κ2) is 5.47. The highest BCUT2D eigenvalue weighted by molar-refractivity contribution is 5.79. The van der Waals surface area contributed by atoms with Crippen molar-refractivity contribution in [2.75, 3.05) is 6.61 Å². The van der Waals surface area contributed by atoms with E-state index in [4.69, 9.17) is 4.74 Å². The Hall–Kier alpha value is -1.77. The third-order valence-corrected chi connectivity index (χ3v) is 3.91. The van der Waals surface area contributed by atoms with Crippen LogP contribution < -0.4 is 10.1 Å². The van der Waals surface area contributed by atoms with Crippen LogP contribution in [0.25, 0.3) is 0 Å². The molecule has 1 aromatic carbocycles. The van der Waals surface area contributed by atoms with Gasteiger partial charge in [-0.15, -0.1) is 0 Å². The normalized spacial score (nSPS) is 25.3.